The van der Waals surface area contributed by atoms with Gasteiger partial charge < -0.3 is 10.5 Å². The van der Waals surface area contributed by atoms with E-state index in [4.69, 9.17) is 10.5 Å². The average Bonchev–Trinajstić information content (AvgIpc) is 2.70. The predicted molar refractivity (Wildman–Crippen MR) is 80.5 cm³/mol. The molecule has 1 aliphatic rings. The molecule has 3 heteroatoms. The molecule has 112 valence electrons. The van der Waals surface area contributed by atoms with Crippen LogP contribution in [0.1, 0.15) is 57.4 Å². The molecule has 0 spiro atoms. The van der Waals surface area contributed by atoms with E-state index < -0.39 is 0 Å². The normalized spacial score (nSPS) is 18.6. The second-order valence-electron chi connectivity index (χ2n) is 5.86. The minimum atomic E-state index is -0.212. The van der Waals surface area contributed by atoms with Crippen LogP contribution >= 0.6 is 0 Å². The number of halogens is 1. The van der Waals surface area contributed by atoms with Crippen molar-refractivity contribution in [1.29, 1.82) is 0 Å². The molecule has 2 nitrogen and oxygen atoms in total. The van der Waals surface area contributed by atoms with E-state index in [0.717, 1.165) is 30.6 Å². The lowest BCUT2D eigenvalue weighted by Gasteiger charge is -2.20. The number of benzene rings is 1. The van der Waals surface area contributed by atoms with Gasteiger partial charge in [-0.1, -0.05) is 19.8 Å². The molecule has 0 saturated heterocycles. The highest BCUT2D eigenvalue weighted by molar-refractivity contribution is 5.35. The molecule has 1 fully saturated rings. The monoisotopic (exact) mass is 279 g/mol. The third-order valence-electron chi connectivity index (χ3n) is 4.12. The molecule has 0 amide bonds. The lowest BCUT2D eigenvalue weighted by Crippen LogP contribution is -2.23. The van der Waals surface area contributed by atoms with Crippen LogP contribution in [-0.2, 0) is 6.42 Å². The third kappa shape index (κ3) is 4.48. The Morgan fingerprint density at radius 1 is 1.25 bits per heavy atom. The van der Waals surface area contributed by atoms with Crippen molar-refractivity contribution in [3.63, 3.8) is 0 Å². The molecule has 0 radical (unpaired) electrons. The molecular weight excluding hydrogens is 253 g/mol. The van der Waals surface area contributed by atoms with Gasteiger partial charge in [-0.3, -0.25) is 0 Å². The Labute approximate surface area is 121 Å². The maximum atomic E-state index is 13.4. The van der Waals surface area contributed by atoms with E-state index >= 15 is 0 Å². The standard InChI is InChI=1S/C17H26FNO/c1-2-15(19)12-13-11-14(18)9-10-17(13)20-16-7-5-3-4-6-8-16/h9-11,15-16H,2-8,12,19H2,1H3. The van der Waals surface area contributed by atoms with Gasteiger partial charge in [-0.2, -0.15) is 0 Å². The van der Waals surface area contributed by atoms with Crippen molar-refractivity contribution in [1.82, 2.24) is 0 Å². The Balaban J connectivity index is 2.08. The van der Waals surface area contributed by atoms with Crippen molar-refractivity contribution in [2.45, 2.75) is 70.4 Å². The molecule has 2 rings (SSSR count). The van der Waals surface area contributed by atoms with Crippen molar-refractivity contribution in [3.8, 4) is 5.75 Å². The van der Waals surface area contributed by atoms with Crippen LogP contribution in [-0.4, -0.2) is 12.1 Å². The molecule has 1 unspecified atom stereocenters. The molecule has 20 heavy (non-hydrogen) atoms. The van der Waals surface area contributed by atoms with Crippen molar-refractivity contribution in [2.24, 2.45) is 5.73 Å². The Morgan fingerprint density at radius 3 is 2.60 bits per heavy atom. The SMILES string of the molecule is CCC(N)Cc1cc(F)ccc1OC1CCCCCC1. The molecule has 1 aromatic rings. The van der Waals surface area contributed by atoms with E-state index in [-0.39, 0.29) is 18.0 Å². The van der Waals surface area contributed by atoms with Crippen LogP contribution in [0.25, 0.3) is 0 Å². The smallest absolute Gasteiger partial charge is 0.123 e. The first-order valence-electron chi connectivity index (χ1n) is 7.89. The maximum absolute atomic E-state index is 13.4. The lowest BCUT2D eigenvalue weighted by molar-refractivity contribution is 0.181. The summed E-state index contributed by atoms with van der Waals surface area (Å²) in [7, 11) is 0. The summed E-state index contributed by atoms with van der Waals surface area (Å²) in [4.78, 5) is 0. The lowest BCUT2D eigenvalue weighted by atomic mass is 10.0. The Bertz CT molecular complexity index is 413. The molecule has 0 aliphatic heterocycles. The summed E-state index contributed by atoms with van der Waals surface area (Å²) in [6.45, 7) is 2.05. The minimum Gasteiger partial charge on any atom is -0.490 e. The average molecular weight is 279 g/mol. The zero-order chi connectivity index (χ0) is 14.4. The highest BCUT2D eigenvalue weighted by Crippen LogP contribution is 2.27. The summed E-state index contributed by atoms with van der Waals surface area (Å²) in [5, 5.41) is 0. The van der Waals surface area contributed by atoms with Crippen LogP contribution in [0.5, 0.6) is 5.75 Å². The highest BCUT2D eigenvalue weighted by atomic mass is 19.1. The topological polar surface area (TPSA) is 35.2 Å². The molecule has 0 aromatic heterocycles. The molecular formula is C17H26FNO. The van der Waals surface area contributed by atoms with E-state index in [1.165, 1.54) is 31.7 Å². The van der Waals surface area contributed by atoms with Gasteiger partial charge in [-0.25, -0.2) is 4.39 Å². The van der Waals surface area contributed by atoms with Crippen LogP contribution in [0.2, 0.25) is 0 Å². The van der Waals surface area contributed by atoms with E-state index in [9.17, 15) is 4.39 Å². The van der Waals surface area contributed by atoms with Crippen molar-refractivity contribution >= 4 is 0 Å². The predicted octanol–water partition coefficient (Wildman–Crippen LogP) is 4.21. The van der Waals surface area contributed by atoms with Gasteiger partial charge in [0, 0.05) is 6.04 Å². The Hall–Kier alpha value is -1.09. The number of ether oxygens (including phenoxy) is 1. The molecule has 0 heterocycles. The summed E-state index contributed by atoms with van der Waals surface area (Å²) in [5.41, 5.74) is 6.91. The number of hydrogen-bond donors (Lipinski definition) is 1. The number of hydrogen-bond acceptors (Lipinski definition) is 2. The first-order valence-corrected chi connectivity index (χ1v) is 7.89. The van der Waals surface area contributed by atoms with Crippen LogP contribution in [0.15, 0.2) is 18.2 Å². The molecule has 1 atom stereocenters. The van der Waals surface area contributed by atoms with Gasteiger partial charge in [0.2, 0.25) is 0 Å². The molecule has 1 aromatic carbocycles. The van der Waals surface area contributed by atoms with E-state index in [1.54, 1.807) is 12.1 Å². The first kappa shape index (κ1) is 15.3. The molecule has 2 N–H and O–H groups in total. The molecule has 1 aliphatic carbocycles. The summed E-state index contributed by atoms with van der Waals surface area (Å²) >= 11 is 0. The first-order chi connectivity index (χ1) is 9.69. The highest BCUT2D eigenvalue weighted by Gasteiger charge is 2.16. The van der Waals surface area contributed by atoms with Crippen molar-refractivity contribution in [3.05, 3.63) is 29.6 Å². The fourth-order valence-electron chi connectivity index (χ4n) is 2.79. The zero-order valence-electron chi connectivity index (χ0n) is 12.4. The van der Waals surface area contributed by atoms with Crippen molar-refractivity contribution in [2.75, 3.05) is 0 Å². The molecule has 0 bridgehead atoms. The second-order valence-corrected chi connectivity index (χ2v) is 5.86. The van der Waals surface area contributed by atoms with Crippen LogP contribution in [0.3, 0.4) is 0 Å². The Kier molecular flexibility index (Phi) is 5.84. The maximum Gasteiger partial charge on any atom is 0.123 e. The summed E-state index contributed by atoms with van der Waals surface area (Å²) in [6, 6.07) is 4.88. The summed E-state index contributed by atoms with van der Waals surface area (Å²) in [5.74, 6) is 0.610. The Morgan fingerprint density at radius 2 is 1.95 bits per heavy atom. The summed E-state index contributed by atoms with van der Waals surface area (Å²) < 4.78 is 19.6. The van der Waals surface area contributed by atoms with E-state index in [2.05, 4.69) is 6.92 Å². The van der Waals surface area contributed by atoms with Gasteiger partial charge in [0.1, 0.15) is 11.6 Å². The van der Waals surface area contributed by atoms with E-state index in [1.807, 2.05) is 0 Å². The zero-order valence-corrected chi connectivity index (χ0v) is 12.4. The van der Waals surface area contributed by atoms with Gasteiger partial charge in [-0.05, 0) is 62.3 Å². The van der Waals surface area contributed by atoms with Gasteiger partial charge in [-0.15, -0.1) is 0 Å². The van der Waals surface area contributed by atoms with Gasteiger partial charge in [0.25, 0.3) is 0 Å². The van der Waals surface area contributed by atoms with Gasteiger partial charge in [0.05, 0.1) is 6.10 Å². The quantitative estimate of drug-likeness (QED) is 0.820. The fraction of sp³-hybridized carbons (Fsp3) is 0.647. The molecule has 1 saturated carbocycles. The second kappa shape index (κ2) is 7.63. The fourth-order valence-corrected chi connectivity index (χ4v) is 2.79. The number of rotatable bonds is 5. The largest absolute Gasteiger partial charge is 0.490 e. The van der Waals surface area contributed by atoms with E-state index in [0.29, 0.717) is 6.42 Å². The number of nitrogens with two attached hydrogens (primary N) is 1. The summed E-state index contributed by atoms with van der Waals surface area (Å²) in [6.07, 6.45) is 9.13. The van der Waals surface area contributed by atoms with Crippen LogP contribution < -0.4 is 10.5 Å². The third-order valence-corrected chi connectivity index (χ3v) is 4.12. The van der Waals surface area contributed by atoms with Crippen molar-refractivity contribution < 1.29 is 9.13 Å². The van der Waals surface area contributed by atoms with Gasteiger partial charge >= 0.3 is 0 Å². The van der Waals surface area contributed by atoms with Gasteiger partial charge in [0.15, 0.2) is 0 Å². The van der Waals surface area contributed by atoms with Crippen LogP contribution in [0.4, 0.5) is 4.39 Å². The van der Waals surface area contributed by atoms with Crippen LogP contribution in [0, 0.1) is 5.82 Å². The minimum absolute atomic E-state index is 0.0632.